The molecule has 28 heavy (non-hydrogen) atoms. The number of carbonyl (C=O) groups is 1. The number of nitrogens with one attached hydrogen (secondary N) is 2. The first-order valence-electron chi connectivity index (χ1n) is 10.8. The standard InChI is InChI=1S/C22H32N4O2/c1-2-23-22(25-19-14-18-9-10-20(19)28-18)24-15-16-7-6-8-17(13-16)21(27)26-11-4-3-5-12-26/h6-8,13,18-20H,2-5,9-12,14-15H2,1H3,(H2,23,24,25). The molecule has 3 fully saturated rings. The lowest BCUT2D eigenvalue weighted by atomic mass is 9.96. The number of nitrogens with zero attached hydrogens (tertiary/aromatic N) is 2. The molecule has 1 amide bonds. The second-order valence-electron chi connectivity index (χ2n) is 8.11. The van der Waals surface area contributed by atoms with Crippen molar-refractivity contribution in [2.75, 3.05) is 19.6 Å². The van der Waals surface area contributed by atoms with Crippen molar-refractivity contribution in [3.8, 4) is 0 Å². The second-order valence-corrected chi connectivity index (χ2v) is 8.11. The Hall–Kier alpha value is -2.08. The molecule has 0 aliphatic carbocycles. The van der Waals surface area contributed by atoms with Crippen LogP contribution in [0.25, 0.3) is 0 Å². The maximum Gasteiger partial charge on any atom is 0.253 e. The van der Waals surface area contributed by atoms with E-state index in [0.29, 0.717) is 24.8 Å². The van der Waals surface area contributed by atoms with Gasteiger partial charge in [0.1, 0.15) is 0 Å². The SMILES string of the molecule is CCNC(=NCc1cccc(C(=O)N2CCCCC2)c1)NC1CC2CCC1O2. The summed E-state index contributed by atoms with van der Waals surface area (Å²) in [5, 5.41) is 6.88. The number of likely N-dealkylation sites (tertiary alicyclic amines) is 1. The number of amides is 1. The molecule has 3 unspecified atom stereocenters. The summed E-state index contributed by atoms with van der Waals surface area (Å²) in [6.45, 7) is 5.20. The molecule has 4 rings (SSSR count). The highest BCUT2D eigenvalue weighted by molar-refractivity contribution is 5.94. The van der Waals surface area contributed by atoms with Crippen LogP contribution in [0.15, 0.2) is 29.3 Å². The topological polar surface area (TPSA) is 66.0 Å². The quantitative estimate of drug-likeness (QED) is 0.605. The highest BCUT2D eigenvalue weighted by atomic mass is 16.5. The van der Waals surface area contributed by atoms with Gasteiger partial charge in [-0.3, -0.25) is 4.79 Å². The van der Waals surface area contributed by atoms with Crippen LogP contribution in [0.4, 0.5) is 0 Å². The van der Waals surface area contributed by atoms with Crippen molar-refractivity contribution < 1.29 is 9.53 Å². The van der Waals surface area contributed by atoms with E-state index >= 15 is 0 Å². The molecule has 0 radical (unpaired) electrons. The largest absolute Gasteiger partial charge is 0.373 e. The van der Waals surface area contributed by atoms with Crippen molar-refractivity contribution in [3.05, 3.63) is 35.4 Å². The molecule has 0 aromatic heterocycles. The minimum absolute atomic E-state index is 0.148. The number of ether oxygens (including phenoxy) is 1. The smallest absolute Gasteiger partial charge is 0.253 e. The van der Waals surface area contributed by atoms with E-state index in [-0.39, 0.29) is 5.91 Å². The zero-order valence-corrected chi connectivity index (χ0v) is 16.8. The Labute approximate surface area is 167 Å². The van der Waals surface area contributed by atoms with Gasteiger partial charge in [0.2, 0.25) is 0 Å². The van der Waals surface area contributed by atoms with Crippen LogP contribution in [0.3, 0.4) is 0 Å². The van der Waals surface area contributed by atoms with Gasteiger partial charge in [0, 0.05) is 25.2 Å². The maximum absolute atomic E-state index is 12.7. The van der Waals surface area contributed by atoms with Gasteiger partial charge in [-0.2, -0.15) is 0 Å². The highest BCUT2D eigenvalue weighted by Gasteiger charge is 2.41. The molecule has 3 atom stereocenters. The first kappa shape index (κ1) is 19.2. The van der Waals surface area contributed by atoms with Crippen molar-refractivity contribution in [3.63, 3.8) is 0 Å². The monoisotopic (exact) mass is 384 g/mol. The minimum Gasteiger partial charge on any atom is -0.373 e. The molecule has 3 saturated heterocycles. The fourth-order valence-corrected chi connectivity index (χ4v) is 4.54. The summed E-state index contributed by atoms with van der Waals surface area (Å²) in [6.07, 6.45) is 7.58. The number of piperidine rings is 1. The Balaban J connectivity index is 1.39. The third-order valence-electron chi connectivity index (χ3n) is 6.01. The Morgan fingerprint density at radius 3 is 2.82 bits per heavy atom. The number of hydrogen-bond donors (Lipinski definition) is 2. The summed E-state index contributed by atoms with van der Waals surface area (Å²) >= 11 is 0. The summed E-state index contributed by atoms with van der Waals surface area (Å²) < 4.78 is 5.94. The van der Waals surface area contributed by atoms with Gasteiger partial charge in [0.05, 0.1) is 24.8 Å². The lowest BCUT2D eigenvalue weighted by Gasteiger charge is -2.26. The van der Waals surface area contributed by atoms with Gasteiger partial charge in [-0.25, -0.2) is 4.99 Å². The lowest BCUT2D eigenvalue weighted by molar-refractivity contribution is 0.0724. The predicted molar refractivity (Wildman–Crippen MR) is 110 cm³/mol. The van der Waals surface area contributed by atoms with E-state index in [9.17, 15) is 4.79 Å². The molecule has 3 aliphatic rings. The van der Waals surface area contributed by atoms with E-state index in [1.807, 2.05) is 29.2 Å². The Kier molecular flexibility index (Phi) is 6.15. The molecule has 1 aromatic rings. The molecular formula is C22H32N4O2. The van der Waals surface area contributed by atoms with Crippen LogP contribution in [0.2, 0.25) is 0 Å². The van der Waals surface area contributed by atoms with E-state index in [0.717, 1.165) is 62.4 Å². The number of rotatable bonds is 5. The molecule has 2 N–H and O–H groups in total. The van der Waals surface area contributed by atoms with Crippen molar-refractivity contribution in [1.29, 1.82) is 0 Å². The summed E-state index contributed by atoms with van der Waals surface area (Å²) in [6, 6.07) is 8.26. The Bertz CT molecular complexity index is 714. The first-order chi connectivity index (χ1) is 13.7. The molecule has 152 valence electrons. The molecule has 3 heterocycles. The van der Waals surface area contributed by atoms with Gasteiger partial charge in [0.25, 0.3) is 5.91 Å². The zero-order valence-electron chi connectivity index (χ0n) is 16.8. The molecule has 0 spiro atoms. The fraction of sp³-hybridized carbons (Fsp3) is 0.636. The van der Waals surface area contributed by atoms with Crippen LogP contribution in [0.5, 0.6) is 0 Å². The summed E-state index contributed by atoms with van der Waals surface area (Å²) in [5.41, 5.74) is 1.83. The van der Waals surface area contributed by atoms with E-state index in [4.69, 9.17) is 9.73 Å². The molecule has 2 bridgehead atoms. The van der Waals surface area contributed by atoms with Crippen LogP contribution < -0.4 is 10.6 Å². The van der Waals surface area contributed by atoms with Crippen molar-refractivity contribution in [2.24, 2.45) is 4.99 Å². The van der Waals surface area contributed by atoms with Crippen LogP contribution >= 0.6 is 0 Å². The summed E-state index contributed by atoms with van der Waals surface area (Å²) in [4.78, 5) is 19.5. The molecule has 1 aromatic carbocycles. The van der Waals surface area contributed by atoms with E-state index in [1.165, 1.54) is 12.8 Å². The van der Waals surface area contributed by atoms with Gasteiger partial charge < -0.3 is 20.3 Å². The van der Waals surface area contributed by atoms with Gasteiger partial charge in [-0.1, -0.05) is 12.1 Å². The van der Waals surface area contributed by atoms with Crippen molar-refractivity contribution >= 4 is 11.9 Å². The average Bonchev–Trinajstić information content (AvgIpc) is 3.36. The normalized spacial score (nSPS) is 27.1. The molecule has 6 nitrogen and oxygen atoms in total. The van der Waals surface area contributed by atoms with E-state index in [1.54, 1.807) is 0 Å². The van der Waals surface area contributed by atoms with Gasteiger partial charge in [0.15, 0.2) is 5.96 Å². The van der Waals surface area contributed by atoms with Crippen LogP contribution in [-0.4, -0.2) is 54.7 Å². The van der Waals surface area contributed by atoms with Crippen LogP contribution in [0, 0.1) is 0 Å². The molecule has 6 heteroatoms. The van der Waals surface area contributed by atoms with Crippen molar-refractivity contribution in [1.82, 2.24) is 15.5 Å². The first-order valence-corrected chi connectivity index (χ1v) is 10.8. The number of benzene rings is 1. The fourth-order valence-electron chi connectivity index (χ4n) is 4.54. The van der Waals surface area contributed by atoms with Crippen LogP contribution in [-0.2, 0) is 11.3 Å². The van der Waals surface area contributed by atoms with Crippen LogP contribution in [0.1, 0.15) is 61.4 Å². The van der Waals surface area contributed by atoms with Gasteiger partial charge in [-0.15, -0.1) is 0 Å². The maximum atomic E-state index is 12.7. The summed E-state index contributed by atoms with van der Waals surface area (Å²) in [5.74, 6) is 0.978. The third kappa shape index (κ3) is 4.49. The second kappa shape index (κ2) is 8.95. The van der Waals surface area contributed by atoms with Gasteiger partial charge >= 0.3 is 0 Å². The van der Waals surface area contributed by atoms with E-state index < -0.39 is 0 Å². The number of guanidine groups is 1. The van der Waals surface area contributed by atoms with E-state index in [2.05, 4.69) is 17.6 Å². The minimum atomic E-state index is 0.148. The molecule has 0 saturated carbocycles. The lowest BCUT2D eigenvalue weighted by Crippen LogP contribution is -2.47. The Morgan fingerprint density at radius 1 is 1.25 bits per heavy atom. The predicted octanol–water partition coefficient (Wildman–Crippen LogP) is 2.69. The summed E-state index contributed by atoms with van der Waals surface area (Å²) in [7, 11) is 0. The third-order valence-corrected chi connectivity index (χ3v) is 6.01. The Morgan fingerprint density at radius 2 is 2.11 bits per heavy atom. The number of aliphatic imine (C=N–C) groups is 1. The highest BCUT2D eigenvalue weighted by Crippen LogP contribution is 2.34. The zero-order chi connectivity index (χ0) is 19.3. The number of hydrogen-bond acceptors (Lipinski definition) is 3. The average molecular weight is 385 g/mol. The number of fused-ring (bicyclic) bond motifs is 2. The van der Waals surface area contributed by atoms with Gasteiger partial charge in [-0.05, 0) is 63.1 Å². The molecule has 3 aliphatic heterocycles. The molecular weight excluding hydrogens is 352 g/mol. The van der Waals surface area contributed by atoms with Crippen molar-refractivity contribution in [2.45, 2.75) is 70.2 Å². The number of carbonyl (C=O) groups excluding carboxylic acids is 1.